The van der Waals surface area contributed by atoms with Crippen molar-refractivity contribution in [2.45, 2.75) is 69.8 Å². The topological polar surface area (TPSA) is 72.5 Å². The third-order valence-corrected chi connectivity index (χ3v) is 9.86. The molecule has 1 spiro atoms. The van der Waals surface area contributed by atoms with E-state index in [1.54, 1.807) is 38.1 Å². The summed E-state index contributed by atoms with van der Waals surface area (Å²) in [6.45, 7) is 3.83. The van der Waals surface area contributed by atoms with Gasteiger partial charge in [0, 0.05) is 24.4 Å². The van der Waals surface area contributed by atoms with Gasteiger partial charge in [-0.05, 0) is 74.1 Å². The average Bonchev–Trinajstić information content (AvgIpc) is 3.57. The first-order chi connectivity index (χ1) is 17.6. The van der Waals surface area contributed by atoms with Crippen LogP contribution >= 0.6 is 0 Å². The number of halogens is 2. The highest BCUT2D eigenvalue weighted by Crippen LogP contribution is 2.58. The lowest BCUT2D eigenvalue weighted by molar-refractivity contribution is -0.141. The van der Waals surface area contributed by atoms with E-state index in [9.17, 15) is 17.6 Å². The van der Waals surface area contributed by atoms with Gasteiger partial charge in [-0.2, -0.15) is 0 Å². The molecule has 0 amide bonds. The van der Waals surface area contributed by atoms with E-state index in [0.717, 1.165) is 18.4 Å². The van der Waals surface area contributed by atoms with Crippen LogP contribution in [0, 0.1) is 23.0 Å². The number of sulfonamides is 1. The molecule has 1 saturated carbocycles. The summed E-state index contributed by atoms with van der Waals surface area (Å²) >= 11 is 0. The van der Waals surface area contributed by atoms with E-state index in [2.05, 4.69) is 4.72 Å². The number of ketones is 1. The Morgan fingerprint density at radius 2 is 1.86 bits per heavy atom. The van der Waals surface area contributed by atoms with Crippen molar-refractivity contribution in [3.63, 3.8) is 0 Å². The summed E-state index contributed by atoms with van der Waals surface area (Å²) in [4.78, 5) is 12.7. The maximum Gasteiger partial charge on any atom is 0.214 e. The number of nitrogens with one attached hydrogen (secondary N) is 1. The van der Waals surface area contributed by atoms with Gasteiger partial charge in [-0.15, -0.1) is 0 Å². The van der Waals surface area contributed by atoms with E-state index in [4.69, 9.17) is 4.74 Å². The minimum atomic E-state index is -3.61. The Morgan fingerprint density at radius 3 is 2.46 bits per heavy atom. The van der Waals surface area contributed by atoms with Crippen LogP contribution in [0.5, 0.6) is 0 Å². The van der Waals surface area contributed by atoms with Gasteiger partial charge in [0.05, 0.1) is 11.9 Å². The third-order valence-electron chi connectivity index (χ3n) is 8.03. The van der Waals surface area contributed by atoms with Crippen molar-refractivity contribution in [2.75, 3.05) is 6.61 Å². The summed E-state index contributed by atoms with van der Waals surface area (Å²) < 4.78 is 64.6. The highest BCUT2D eigenvalue weighted by molar-refractivity contribution is 7.90. The van der Waals surface area contributed by atoms with Crippen LogP contribution in [0.25, 0.3) is 11.1 Å². The first kappa shape index (κ1) is 26.2. The Kier molecular flexibility index (Phi) is 7.11. The predicted molar refractivity (Wildman–Crippen MR) is 138 cm³/mol. The van der Waals surface area contributed by atoms with Crippen LogP contribution < -0.4 is 4.72 Å². The van der Waals surface area contributed by atoms with Crippen molar-refractivity contribution in [3.8, 4) is 11.1 Å². The number of allylic oxidation sites excluding steroid dienone is 1. The molecule has 8 heteroatoms. The molecule has 0 bridgehead atoms. The number of rotatable bonds is 9. The highest BCUT2D eigenvalue weighted by atomic mass is 32.2. The molecule has 2 aliphatic carbocycles. The molecule has 2 fully saturated rings. The second kappa shape index (κ2) is 10.0. The Morgan fingerprint density at radius 1 is 1.16 bits per heavy atom. The first-order valence-electron chi connectivity index (χ1n) is 13.0. The molecule has 1 aliphatic heterocycles. The number of Topliss-reactive ketones (excluding diaryl/α,β-unsaturated/α-hetero) is 1. The molecule has 5 nitrogen and oxygen atoms in total. The van der Waals surface area contributed by atoms with Crippen LogP contribution in [-0.2, 0) is 26.0 Å². The van der Waals surface area contributed by atoms with Crippen molar-refractivity contribution in [1.82, 2.24) is 4.72 Å². The van der Waals surface area contributed by atoms with E-state index in [1.165, 1.54) is 12.1 Å². The summed E-state index contributed by atoms with van der Waals surface area (Å²) in [7, 11) is -3.61. The van der Waals surface area contributed by atoms with Gasteiger partial charge in [0.15, 0.2) is 5.78 Å². The predicted octanol–water partition coefficient (Wildman–Crippen LogP) is 5.35. The fraction of sp³-hybridized carbons (Fsp3) is 0.483. The van der Waals surface area contributed by atoms with Gasteiger partial charge in [-0.3, -0.25) is 4.79 Å². The molecule has 2 aromatic carbocycles. The fourth-order valence-corrected chi connectivity index (χ4v) is 6.70. The number of hydrogen-bond acceptors (Lipinski definition) is 4. The number of carbonyl (C=O) groups excluding carboxylic acids is 1. The van der Waals surface area contributed by atoms with E-state index in [1.807, 2.05) is 12.1 Å². The molecule has 1 saturated heterocycles. The zero-order valence-electron chi connectivity index (χ0n) is 21.2. The van der Waals surface area contributed by atoms with Crippen LogP contribution in [0.2, 0.25) is 0 Å². The lowest BCUT2D eigenvalue weighted by atomic mass is 9.72. The lowest BCUT2D eigenvalue weighted by Gasteiger charge is -2.39. The molecule has 0 aromatic heterocycles. The molecule has 1 N–H and O–H groups in total. The number of hydrogen-bond donors (Lipinski definition) is 1. The monoisotopic (exact) mass is 529 g/mol. The maximum atomic E-state index is 15.8. The maximum absolute atomic E-state index is 15.8. The smallest absolute Gasteiger partial charge is 0.214 e. The average molecular weight is 530 g/mol. The molecule has 3 atom stereocenters. The zero-order chi connectivity index (χ0) is 26.4. The lowest BCUT2D eigenvalue weighted by Crippen LogP contribution is -2.50. The van der Waals surface area contributed by atoms with Crippen molar-refractivity contribution < 1.29 is 26.7 Å². The SMILES string of the molecule is CC(C)S(=O)(=O)N[C@@H]1[C@H](Cc2cc(F)cc(-c3ccccc3)c2F)C=C(CC(=O)[C@H]2CCO2)CC12CC2. The molecule has 2 aromatic rings. The van der Waals surface area contributed by atoms with Gasteiger partial charge in [-0.25, -0.2) is 21.9 Å². The van der Waals surface area contributed by atoms with Crippen molar-refractivity contribution in [3.05, 3.63) is 71.3 Å². The fourth-order valence-electron chi connectivity index (χ4n) is 5.65. The van der Waals surface area contributed by atoms with Gasteiger partial charge in [0.25, 0.3) is 0 Å². The van der Waals surface area contributed by atoms with E-state index in [-0.39, 0.29) is 41.3 Å². The molecule has 1 heterocycles. The molecule has 3 aliphatic rings. The summed E-state index contributed by atoms with van der Waals surface area (Å²) in [5, 5.41) is -0.623. The zero-order valence-corrected chi connectivity index (χ0v) is 22.0. The second-order valence-electron chi connectivity index (χ2n) is 11.0. The normalized spacial score (nSPS) is 24.6. The minimum Gasteiger partial charge on any atom is -0.370 e. The molecule has 0 radical (unpaired) electrons. The van der Waals surface area contributed by atoms with E-state index in [0.29, 0.717) is 25.0 Å². The van der Waals surface area contributed by atoms with Crippen LogP contribution in [0.3, 0.4) is 0 Å². The van der Waals surface area contributed by atoms with Crippen LogP contribution in [0.15, 0.2) is 54.1 Å². The van der Waals surface area contributed by atoms with Crippen molar-refractivity contribution in [2.24, 2.45) is 11.3 Å². The first-order valence-corrected chi connectivity index (χ1v) is 14.5. The Balaban J connectivity index is 1.51. The highest BCUT2D eigenvalue weighted by Gasteiger charge is 2.55. The standard InChI is InChI=1S/C29H33F2NO4S/c1-18(2)37(34,35)32-28-22(12-19(17-29(28)9-10-29)13-25(33)26-8-11-36-26)14-21-15-23(30)16-24(27(21)31)20-6-4-3-5-7-20/h3-7,12,15-16,18,22,26,28,32H,8-11,13-14,17H2,1-2H3/t22-,26+,28+/m0/s1. The molecule has 0 unspecified atom stereocenters. The molecule has 37 heavy (non-hydrogen) atoms. The summed E-state index contributed by atoms with van der Waals surface area (Å²) in [6.07, 6.45) is 4.90. The van der Waals surface area contributed by atoms with E-state index < -0.39 is 38.9 Å². The van der Waals surface area contributed by atoms with Gasteiger partial charge in [0.2, 0.25) is 10.0 Å². The second-order valence-corrected chi connectivity index (χ2v) is 13.3. The summed E-state index contributed by atoms with van der Waals surface area (Å²) in [6, 6.07) is 10.7. The molecular formula is C29H33F2NO4S. The van der Waals surface area contributed by atoms with Crippen LogP contribution in [0.4, 0.5) is 8.78 Å². The molecule has 198 valence electrons. The third kappa shape index (κ3) is 5.42. The van der Waals surface area contributed by atoms with Gasteiger partial charge < -0.3 is 4.74 Å². The molecular weight excluding hydrogens is 496 g/mol. The summed E-state index contributed by atoms with van der Waals surface area (Å²) in [5.41, 5.74) is 1.56. The number of carbonyl (C=O) groups is 1. The quantitative estimate of drug-likeness (QED) is 0.445. The minimum absolute atomic E-state index is 0.0246. The number of benzene rings is 2. The Bertz CT molecular complexity index is 1310. The Labute approximate surface area is 217 Å². The number of ether oxygens (including phenoxy) is 1. The van der Waals surface area contributed by atoms with Gasteiger partial charge in [-0.1, -0.05) is 42.0 Å². The Hall–Kier alpha value is -2.42. The molecule has 5 rings (SSSR count). The van der Waals surface area contributed by atoms with E-state index >= 15 is 4.39 Å². The summed E-state index contributed by atoms with van der Waals surface area (Å²) in [5.74, 6) is -1.46. The van der Waals surface area contributed by atoms with Gasteiger partial charge >= 0.3 is 0 Å². The van der Waals surface area contributed by atoms with Crippen LogP contribution in [0.1, 0.15) is 51.5 Å². The van der Waals surface area contributed by atoms with Crippen molar-refractivity contribution >= 4 is 15.8 Å². The van der Waals surface area contributed by atoms with Gasteiger partial charge in [0.1, 0.15) is 17.7 Å². The largest absolute Gasteiger partial charge is 0.370 e. The van der Waals surface area contributed by atoms with Crippen LogP contribution in [-0.4, -0.2) is 38.2 Å². The van der Waals surface area contributed by atoms with Crippen molar-refractivity contribution in [1.29, 1.82) is 0 Å².